The Morgan fingerprint density at radius 3 is 2.84 bits per heavy atom. The van der Waals surface area contributed by atoms with E-state index in [1.54, 1.807) is 16.3 Å². The first-order valence-corrected chi connectivity index (χ1v) is 5.98. The summed E-state index contributed by atoms with van der Waals surface area (Å²) in [5.74, 6) is -0.623. The molecule has 0 bridgehead atoms. The zero-order valence-electron chi connectivity index (χ0n) is 11.1. The molecule has 0 radical (unpaired) electrons. The third kappa shape index (κ3) is 2.78. The van der Waals surface area contributed by atoms with Crippen molar-refractivity contribution in [2.45, 2.75) is 26.8 Å². The van der Waals surface area contributed by atoms with Crippen LogP contribution >= 0.6 is 0 Å². The van der Waals surface area contributed by atoms with Gasteiger partial charge in [-0.05, 0) is 23.8 Å². The zero-order chi connectivity index (χ0) is 14.0. The van der Waals surface area contributed by atoms with Crippen molar-refractivity contribution in [3.05, 3.63) is 11.9 Å². The lowest BCUT2D eigenvalue weighted by Crippen LogP contribution is -2.14. The van der Waals surface area contributed by atoms with Gasteiger partial charge in [-0.15, -0.1) is 5.10 Å². The summed E-state index contributed by atoms with van der Waals surface area (Å²) < 4.78 is 3.31. The lowest BCUT2D eigenvalue weighted by Gasteiger charge is -2.06. The number of tetrazole rings is 1. The maximum atomic E-state index is 10.8. The lowest BCUT2D eigenvalue weighted by atomic mass is 10.1. The quantitative estimate of drug-likeness (QED) is 0.844. The number of aromatic nitrogens is 6. The molecule has 1 N–H and O–H groups in total. The van der Waals surface area contributed by atoms with Crippen LogP contribution in [0.4, 0.5) is 0 Å². The van der Waals surface area contributed by atoms with Crippen LogP contribution in [0.25, 0.3) is 11.4 Å². The molecule has 2 aromatic rings. The number of nitrogens with zero attached hydrogens (tertiary/aromatic N) is 6. The summed E-state index contributed by atoms with van der Waals surface area (Å²) in [7, 11) is 1.83. The van der Waals surface area contributed by atoms with Gasteiger partial charge in [0.2, 0.25) is 0 Å². The summed E-state index contributed by atoms with van der Waals surface area (Å²) in [5, 5.41) is 24.6. The van der Waals surface area contributed by atoms with Crippen LogP contribution < -0.4 is 0 Å². The molecule has 2 aromatic heterocycles. The Morgan fingerprint density at radius 2 is 2.26 bits per heavy atom. The summed E-state index contributed by atoms with van der Waals surface area (Å²) >= 11 is 0. The first-order valence-electron chi connectivity index (χ1n) is 5.98. The number of rotatable bonds is 5. The number of carboxylic acid groups (broad SMARTS) is 1. The molecule has 0 aliphatic rings. The summed E-state index contributed by atoms with van der Waals surface area (Å²) in [5.41, 5.74) is 1.69. The van der Waals surface area contributed by atoms with Crippen LogP contribution in [0, 0.1) is 12.8 Å². The Morgan fingerprint density at radius 1 is 1.53 bits per heavy atom. The molecule has 0 amide bonds. The Kier molecular flexibility index (Phi) is 3.59. The Bertz CT molecular complexity index is 588. The maximum Gasteiger partial charge on any atom is 0.306 e. The lowest BCUT2D eigenvalue weighted by molar-refractivity contribution is -0.141. The summed E-state index contributed by atoms with van der Waals surface area (Å²) in [6, 6.07) is 0. The van der Waals surface area contributed by atoms with Crippen molar-refractivity contribution < 1.29 is 9.90 Å². The minimum absolute atomic E-state index is 0.424. The third-order valence-corrected chi connectivity index (χ3v) is 2.98. The Hall–Kier alpha value is -2.25. The molecule has 0 saturated carbocycles. The van der Waals surface area contributed by atoms with E-state index in [0.717, 1.165) is 11.3 Å². The highest BCUT2D eigenvalue weighted by Gasteiger charge is 2.16. The van der Waals surface area contributed by atoms with Crippen molar-refractivity contribution in [1.29, 1.82) is 0 Å². The summed E-state index contributed by atoms with van der Waals surface area (Å²) in [6.45, 7) is 4.01. The Balaban J connectivity index is 2.18. The smallest absolute Gasteiger partial charge is 0.306 e. The van der Waals surface area contributed by atoms with Gasteiger partial charge < -0.3 is 5.11 Å². The zero-order valence-corrected chi connectivity index (χ0v) is 11.1. The average molecular weight is 264 g/mol. The van der Waals surface area contributed by atoms with Crippen LogP contribution in [-0.2, 0) is 18.4 Å². The van der Waals surface area contributed by atoms with Gasteiger partial charge in [0.1, 0.15) is 0 Å². The molecule has 8 heteroatoms. The van der Waals surface area contributed by atoms with Crippen molar-refractivity contribution in [2.75, 3.05) is 0 Å². The third-order valence-electron chi connectivity index (χ3n) is 2.98. The maximum absolute atomic E-state index is 10.8. The molecule has 1 atom stereocenters. The van der Waals surface area contributed by atoms with E-state index in [9.17, 15) is 4.79 Å². The predicted molar refractivity (Wildman–Crippen MR) is 66.2 cm³/mol. The molecule has 1 unspecified atom stereocenters. The highest BCUT2D eigenvalue weighted by atomic mass is 16.4. The summed E-state index contributed by atoms with van der Waals surface area (Å²) in [4.78, 5) is 10.8. The summed E-state index contributed by atoms with van der Waals surface area (Å²) in [6.07, 6.45) is 2.32. The van der Waals surface area contributed by atoms with Gasteiger partial charge in [0.25, 0.3) is 0 Å². The van der Waals surface area contributed by atoms with E-state index in [-0.39, 0.29) is 0 Å². The molecule has 0 fully saturated rings. The highest BCUT2D eigenvalue weighted by molar-refractivity contribution is 5.69. The fourth-order valence-corrected chi connectivity index (χ4v) is 1.81. The molecule has 0 spiro atoms. The number of aryl methyl sites for hydroxylation is 3. The number of hydrogen-bond donors (Lipinski definition) is 1. The van der Waals surface area contributed by atoms with Crippen LogP contribution in [0.2, 0.25) is 0 Å². The van der Waals surface area contributed by atoms with E-state index in [2.05, 4.69) is 20.6 Å². The molecule has 19 heavy (non-hydrogen) atoms. The Labute approximate surface area is 110 Å². The van der Waals surface area contributed by atoms with Gasteiger partial charge in [-0.2, -0.15) is 5.10 Å². The van der Waals surface area contributed by atoms with Crippen molar-refractivity contribution in [2.24, 2.45) is 13.0 Å². The molecule has 102 valence electrons. The van der Waals surface area contributed by atoms with Gasteiger partial charge in [-0.25, -0.2) is 4.68 Å². The predicted octanol–water partition coefficient (Wildman–Crippen LogP) is 0.493. The van der Waals surface area contributed by atoms with Crippen LogP contribution in [0.1, 0.15) is 19.0 Å². The van der Waals surface area contributed by atoms with E-state index in [4.69, 9.17) is 5.11 Å². The van der Waals surface area contributed by atoms with Crippen LogP contribution in [0.3, 0.4) is 0 Å². The first-order chi connectivity index (χ1) is 8.99. The minimum atomic E-state index is -0.813. The molecule has 0 aliphatic heterocycles. The van der Waals surface area contributed by atoms with Crippen molar-refractivity contribution in [1.82, 2.24) is 30.0 Å². The van der Waals surface area contributed by atoms with Gasteiger partial charge >= 0.3 is 5.97 Å². The van der Waals surface area contributed by atoms with Gasteiger partial charge in [-0.3, -0.25) is 9.48 Å². The van der Waals surface area contributed by atoms with Gasteiger partial charge in [0.15, 0.2) is 5.82 Å². The van der Waals surface area contributed by atoms with E-state index < -0.39 is 11.9 Å². The van der Waals surface area contributed by atoms with E-state index in [0.29, 0.717) is 18.8 Å². The fourth-order valence-electron chi connectivity index (χ4n) is 1.81. The van der Waals surface area contributed by atoms with Crippen molar-refractivity contribution >= 4 is 5.97 Å². The van der Waals surface area contributed by atoms with Gasteiger partial charge in [0, 0.05) is 19.8 Å². The van der Waals surface area contributed by atoms with E-state index >= 15 is 0 Å². The monoisotopic (exact) mass is 264 g/mol. The second-order valence-corrected chi connectivity index (χ2v) is 4.56. The molecule has 0 saturated heterocycles. The number of aliphatic carboxylic acids is 1. The molecule has 8 nitrogen and oxygen atoms in total. The highest BCUT2D eigenvalue weighted by Crippen LogP contribution is 2.19. The van der Waals surface area contributed by atoms with Crippen LogP contribution in [0.5, 0.6) is 0 Å². The average Bonchev–Trinajstić information content (AvgIpc) is 2.91. The SMILES string of the molecule is Cc1nn(C)cc1-c1nnnn1CCC(C)C(=O)O. The van der Waals surface area contributed by atoms with Crippen LogP contribution in [0.15, 0.2) is 6.20 Å². The molecule has 2 heterocycles. The first kappa shape index (κ1) is 13.2. The second-order valence-electron chi connectivity index (χ2n) is 4.56. The topological polar surface area (TPSA) is 98.7 Å². The van der Waals surface area contributed by atoms with Crippen LogP contribution in [-0.4, -0.2) is 41.1 Å². The van der Waals surface area contributed by atoms with Crippen molar-refractivity contribution in [3.8, 4) is 11.4 Å². The van der Waals surface area contributed by atoms with Gasteiger partial charge in [0.05, 0.1) is 17.2 Å². The largest absolute Gasteiger partial charge is 0.481 e. The minimum Gasteiger partial charge on any atom is -0.481 e. The molecule has 2 rings (SSSR count). The van der Waals surface area contributed by atoms with E-state index in [1.165, 1.54) is 0 Å². The number of hydrogen-bond acceptors (Lipinski definition) is 5. The molecular formula is C11H16N6O2. The molecule has 0 aliphatic carbocycles. The number of carboxylic acids is 1. The van der Waals surface area contributed by atoms with E-state index in [1.807, 2.05) is 20.2 Å². The van der Waals surface area contributed by atoms with Crippen molar-refractivity contribution in [3.63, 3.8) is 0 Å². The molecular weight excluding hydrogens is 248 g/mol. The molecule has 0 aromatic carbocycles. The fraction of sp³-hybridized carbons (Fsp3) is 0.545. The number of carbonyl (C=O) groups is 1. The normalized spacial score (nSPS) is 12.6. The second kappa shape index (κ2) is 5.17. The van der Waals surface area contributed by atoms with Gasteiger partial charge in [-0.1, -0.05) is 6.92 Å². The standard InChI is InChI=1S/C11H16N6O2/c1-7(11(18)19)4-5-17-10(12-14-15-17)9-6-16(3)13-8(9)2/h6-7H,4-5H2,1-3H3,(H,18,19).